The number of aryl methyl sites for hydroxylation is 1. The molecular weight excluding hydrogens is 715 g/mol. The molecule has 3 aliphatic carbocycles. The highest BCUT2D eigenvalue weighted by molar-refractivity contribution is 7.91. The highest BCUT2D eigenvalue weighted by Crippen LogP contribution is 2.48. The number of aromatic nitrogens is 2. The Hall–Kier alpha value is -4.04. The summed E-state index contributed by atoms with van der Waals surface area (Å²) in [6.45, 7) is 8.31. The van der Waals surface area contributed by atoms with Crippen LogP contribution in [0.25, 0.3) is 21.6 Å². The number of benzene rings is 1. The molecule has 12 nitrogen and oxygen atoms in total. The van der Waals surface area contributed by atoms with Crippen molar-refractivity contribution in [1.82, 2.24) is 24.9 Å². The average molecular weight is 764 g/mol. The van der Waals surface area contributed by atoms with Gasteiger partial charge in [-0.25, -0.2) is 18.4 Å². The minimum absolute atomic E-state index is 0.149. The highest BCUT2D eigenvalue weighted by Gasteiger charge is 2.63. The van der Waals surface area contributed by atoms with Gasteiger partial charge in [0.25, 0.3) is 5.91 Å². The lowest BCUT2D eigenvalue weighted by atomic mass is 9.93. The lowest BCUT2D eigenvalue weighted by molar-refractivity contribution is -0.140. The summed E-state index contributed by atoms with van der Waals surface area (Å²) in [6.07, 6.45) is 7.52. The molecule has 0 radical (unpaired) electrons. The molecule has 284 valence electrons. The number of nitrogens with zero attached hydrogens (tertiary/aromatic N) is 3. The fourth-order valence-electron chi connectivity index (χ4n) is 7.65. The van der Waals surface area contributed by atoms with Crippen LogP contribution in [-0.4, -0.2) is 78.1 Å². The van der Waals surface area contributed by atoms with Crippen LogP contribution >= 0.6 is 11.3 Å². The molecular formula is C39H49N5O7S2. The number of allylic oxidation sites excluding steroid dienone is 1. The minimum atomic E-state index is -3.93. The first-order valence-corrected chi connectivity index (χ1v) is 20.9. The van der Waals surface area contributed by atoms with Gasteiger partial charge in [0.05, 0.1) is 34.9 Å². The summed E-state index contributed by atoms with van der Waals surface area (Å²) < 4.78 is 39.9. The molecule has 2 N–H and O–H groups in total. The quantitative estimate of drug-likeness (QED) is 0.277. The molecule has 3 heterocycles. The van der Waals surface area contributed by atoms with Gasteiger partial charge >= 0.3 is 0 Å². The van der Waals surface area contributed by atoms with Crippen LogP contribution in [0.5, 0.6) is 11.5 Å². The van der Waals surface area contributed by atoms with Crippen molar-refractivity contribution in [3.05, 3.63) is 47.0 Å². The summed E-state index contributed by atoms with van der Waals surface area (Å²) in [7, 11) is -0.544. The first kappa shape index (κ1) is 37.3. The topological polar surface area (TPSA) is 157 Å². The van der Waals surface area contributed by atoms with Crippen molar-refractivity contribution in [2.45, 2.75) is 101 Å². The van der Waals surface area contributed by atoms with Gasteiger partial charge in [-0.3, -0.25) is 19.1 Å². The number of ether oxygens (including phenoxy) is 2. The van der Waals surface area contributed by atoms with E-state index < -0.39 is 50.1 Å². The Kier molecular flexibility index (Phi) is 9.84. The van der Waals surface area contributed by atoms with E-state index in [9.17, 15) is 22.8 Å². The van der Waals surface area contributed by atoms with Gasteiger partial charge in [-0.1, -0.05) is 26.0 Å². The molecule has 14 heteroatoms. The molecule has 0 saturated heterocycles. The van der Waals surface area contributed by atoms with E-state index in [0.29, 0.717) is 48.5 Å². The third-order valence-electron chi connectivity index (χ3n) is 11.6. The Morgan fingerprint density at radius 3 is 2.57 bits per heavy atom. The molecule has 3 aromatic rings. The van der Waals surface area contributed by atoms with Gasteiger partial charge in [0.1, 0.15) is 33.8 Å². The van der Waals surface area contributed by atoms with Crippen LogP contribution in [0.3, 0.4) is 0 Å². The summed E-state index contributed by atoms with van der Waals surface area (Å²) in [6, 6.07) is 5.66. The molecule has 3 saturated carbocycles. The van der Waals surface area contributed by atoms with E-state index in [0.717, 1.165) is 40.9 Å². The average Bonchev–Trinajstić information content (AvgIpc) is 3.89. The first-order valence-electron chi connectivity index (χ1n) is 18.6. The van der Waals surface area contributed by atoms with Gasteiger partial charge in [-0.2, -0.15) is 0 Å². The van der Waals surface area contributed by atoms with Crippen molar-refractivity contribution < 1.29 is 32.3 Å². The normalized spacial score (nSPS) is 27.1. The Morgan fingerprint density at radius 2 is 1.87 bits per heavy atom. The second-order valence-corrected chi connectivity index (χ2v) is 18.8. The Balaban J connectivity index is 1.21. The molecule has 1 aliphatic heterocycles. The van der Waals surface area contributed by atoms with E-state index in [-0.39, 0.29) is 30.6 Å². The van der Waals surface area contributed by atoms with Crippen molar-refractivity contribution in [2.75, 3.05) is 20.7 Å². The zero-order chi connectivity index (χ0) is 37.9. The second kappa shape index (κ2) is 14.0. The molecule has 4 aliphatic rings. The molecule has 5 atom stereocenters. The van der Waals surface area contributed by atoms with Crippen LogP contribution in [-0.2, 0) is 24.4 Å². The van der Waals surface area contributed by atoms with Crippen molar-refractivity contribution in [1.29, 1.82) is 0 Å². The summed E-state index contributed by atoms with van der Waals surface area (Å²) in [5, 5.41) is 6.54. The number of carbonyl (C=O) groups is 3. The van der Waals surface area contributed by atoms with E-state index in [1.165, 1.54) is 11.3 Å². The second-order valence-electron chi connectivity index (χ2n) is 15.8. The van der Waals surface area contributed by atoms with Crippen LogP contribution in [0.4, 0.5) is 0 Å². The van der Waals surface area contributed by atoms with Gasteiger partial charge < -0.3 is 19.7 Å². The molecule has 0 spiro atoms. The number of pyridine rings is 1. The maximum absolute atomic E-state index is 14.3. The van der Waals surface area contributed by atoms with Crippen molar-refractivity contribution in [3.63, 3.8) is 0 Å². The van der Waals surface area contributed by atoms with Crippen LogP contribution in [0.15, 0.2) is 35.7 Å². The maximum atomic E-state index is 14.3. The minimum Gasteiger partial charge on any atom is -0.496 e. The number of nitrogens with one attached hydrogen (secondary N) is 2. The van der Waals surface area contributed by atoms with Gasteiger partial charge in [0.15, 0.2) is 0 Å². The van der Waals surface area contributed by atoms with Crippen LogP contribution in [0.1, 0.15) is 89.3 Å². The van der Waals surface area contributed by atoms with E-state index in [4.69, 9.17) is 19.4 Å². The predicted molar refractivity (Wildman–Crippen MR) is 203 cm³/mol. The smallest absolute Gasteiger partial charge is 0.259 e. The maximum Gasteiger partial charge on any atom is 0.259 e. The predicted octanol–water partition coefficient (Wildman–Crippen LogP) is 5.64. The van der Waals surface area contributed by atoms with Crippen LogP contribution < -0.4 is 19.5 Å². The lowest BCUT2D eigenvalue weighted by Gasteiger charge is -2.27. The van der Waals surface area contributed by atoms with Gasteiger partial charge in [0.2, 0.25) is 21.8 Å². The molecule has 2 aromatic heterocycles. The van der Waals surface area contributed by atoms with E-state index in [2.05, 4.69) is 23.9 Å². The van der Waals surface area contributed by atoms with E-state index in [1.807, 2.05) is 42.7 Å². The molecule has 0 unspecified atom stereocenters. The number of rotatable bonds is 8. The Bertz CT molecular complexity index is 2090. The number of fused-ring (bicyclic) bond motifs is 3. The SMILES string of the molecule is COc1ccc2c(O[C@@H]3C[C@H]4C(=O)N[C@]5(C(=O)NS(=O)(=O)C6(C)CC6)C[C@H]5C=CCCCCN(C)C(=O)[C@@H]4C3)cc(-c3nc(C(C)C)cs3)nc2c1C. The fraction of sp³-hybridized carbons (Fsp3) is 0.564. The van der Waals surface area contributed by atoms with Crippen molar-refractivity contribution >= 4 is 50.0 Å². The number of amides is 3. The van der Waals surface area contributed by atoms with Crippen molar-refractivity contribution in [3.8, 4) is 22.2 Å². The number of methoxy groups -OCH3 is 1. The lowest BCUT2D eigenvalue weighted by Crippen LogP contribution is -2.55. The van der Waals surface area contributed by atoms with Gasteiger partial charge in [0, 0.05) is 41.9 Å². The molecule has 3 fully saturated rings. The summed E-state index contributed by atoms with van der Waals surface area (Å²) in [4.78, 5) is 53.7. The summed E-state index contributed by atoms with van der Waals surface area (Å²) in [5.41, 5.74) is 1.77. The third kappa shape index (κ3) is 7.04. The number of sulfonamides is 1. The van der Waals surface area contributed by atoms with Crippen LogP contribution in [0, 0.1) is 24.7 Å². The first-order chi connectivity index (χ1) is 25.2. The number of thiazole rings is 1. The number of hydrogen-bond donors (Lipinski definition) is 2. The Labute approximate surface area is 315 Å². The third-order valence-corrected chi connectivity index (χ3v) is 14.7. The van der Waals surface area contributed by atoms with Gasteiger partial charge in [-0.05, 0) is 83.3 Å². The van der Waals surface area contributed by atoms with E-state index >= 15 is 0 Å². The van der Waals surface area contributed by atoms with Crippen LogP contribution in [0.2, 0.25) is 0 Å². The zero-order valence-corrected chi connectivity index (χ0v) is 32.9. The summed E-state index contributed by atoms with van der Waals surface area (Å²) >= 11 is 1.51. The van der Waals surface area contributed by atoms with Crippen molar-refractivity contribution in [2.24, 2.45) is 17.8 Å². The summed E-state index contributed by atoms with van der Waals surface area (Å²) in [5.74, 6) is -1.67. The molecule has 7 rings (SSSR count). The molecule has 0 bridgehead atoms. The fourth-order valence-corrected chi connectivity index (χ4v) is 9.90. The standard InChI is InChI=1S/C39H49N5O7S2/c1-22(2)30-21-52-35(41-30)29-19-32(26-12-13-31(50-6)23(3)33(26)40-29)51-25-17-27-28(18-25)36(46)44(5)16-10-8-7-9-11-24-20-39(24,42-34(27)45)37(47)43-53(48,49)38(4)14-15-38/h9,11-13,19,21-22,24-25,27-28H,7-8,10,14-18,20H2,1-6H3,(H,42,45)(H,43,47)/t24-,25-,27-,28-,39-/m1/s1. The molecule has 3 amide bonds. The highest BCUT2D eigenvalue weighted by atomic mass is 32.2. The monoisotopic (exact) mass is 763 g/mol. The van der Waals surface area contributed by atoms with E-state index in [1.54, 1.807) is 26.0 Å². The number of carbonyl (C=O) groups excluding carboxylic acids is 3. The van der Waals surface area contributed by atoms with Gasteiger partial charge in [-0.15, -0.1) is 11.3 Å². The Morgan fingerprint density at radius 1 is 1.11 bits per heavy atom. The molecule has 1 aromatic carbocycles. The number of hydrogen-bond acceptors (Lipinski definition) is 10. The zero-order valence-electron chi connectivity index (χ0n) is 31.2. The molecule has 53 heavy (non-hydrogen) atoms. The largest absolute Gasteiger partial charge is 0.496 e.